The molecule has 0 radical (unpaired) electrons. The number of anilines is 4. The second-order valence-corrected chi connectivity index (χ2v) is 14.6. The quantitative estimate of drug-likeness (QED) is 0.0738. The van der Waals surface area contributed by atoms with Gasteiger partial charge in [0.2, 0.25) is 0 Å². The van der Waals surface area contributed by atoms with Gasteiger partial charge in [0.1, 0.15) is 11.4 Å². The molecule has 4 N–H and O–H groups in total. The maximum atomic E-state index is 12.8. The average Bonchev–Trinajstić information content (AvgIpc) is 4.08. The van der Waals surface area contributed by atoms with Gasteiger partial charge in [-0.1, -0.05) is 34.7 Å². The van der Waals surface area contributed by atoms with Gasteiger partial charge in [-0.3, -0.25) is 0 Å². The molecule has 4 aromatic carbocycles. The van der Waals surface area contributed by atoms with Crippen molar-refractivity contribution in [2.45, 2.75) is 38.5 Å². The standard InChI is InChI=1S/C43H50N12O/c56-43(46-37-11-7-33(8-12-37)41-31-54(50-48-41)39-19-15-35(16-20-39)44-23-5-29-52-25-1-2-26-52)47-38-13-9-34(10-14-38)42-32-55(51-49-42)40-21-17-36(18-22-40)45-24-6-30-53-27-3-4-28-53/h7-22,31-32,44-45H,1-6,23-30H2,(H2,46,47,56). The van der Waals surface area contributed by atoms with E-state index in [1.165, 1.54) is 51.9 Å². The van der Waals surface area contributed by atoms with Crippen molar-refractivity contribution in [3.05, 3.63) is 109 Å². The summed E-state index contributed by atoms with van der Waals surface area (Å²) in [4.78, 5) is 17.9. The maximum absolute atomic E-state index is 12.8. The number of carbonyl (C=O) groups excluding carboxylic acids is 1. The van der Waals surface area contributed by atoms with Gasteiger partial charge in [-0.15, -0.1) is 10.2 Å². The van der Waals surface area contributed by atoms with Crippen LogP contribution in [0, 0.1) is 0 Å². The van der Waals surface area contributed by atoms with Gasteiger partial charge < -0.3 is 31.1 Å². The third-order valence-corrected chi connectivity index (χ3v) is 10.5. The van der Waals surface area contributed by atoms with Gasteiger partial charge in [-0.25, -0.2) is 14.2 Å². The lowest BCUT2D eigenvalue weighted by molar-refractivity contribution is 0.262. The Morgan fingerprint density at radius 1 is 0.500 bits per heavy atom. The van der Waals surface area contributed by atoms with E-state index in [9.17, 15) is 4.79 Å². The number of nitrogens with one attached hydrogen (secondary N) is 4. The Kier molecular flexibility index (Phi) is 11.9. The molecule has 2 fully saturated rings. The fourth-order valence-corrected chi connectivity index (χ4v) is 7.33. The molecule has 2 aliphatic rings. The van der Waals surface area contributed by atoms with Crippen molar-refractivity contribution in [3.8, 4) is 33.9 Å². The number of likely N-dealkylation sites (tertiary alicyclic amines) is 2. The van der Waals surface area contributed by atoms with Gasteiger partial charge in [0.15, 0.2) is 0 Å². The van der Waals surface area contributed by atoms with Crippen LogP contribution in [-0.4, -0.2) is 98.2 Å². The summed E-state index contributed by atoms with van der Waals surface area (Å²) in [5, 5.41) is 30.3. The van der Waals surface area contributed by atoms with E-state index in [0.29, 0.717) is 11.4 Å². The summed E-state index contributed by atoms with van der Waals surface area (Å²) in [5.74, 6) is 0. The molecular formula is C43H50N12O. The SMILES string of the molecule is O=C(Nc1ccc(-c2cn(-c3ccc(NCCCN4CCCC4)cc3)nn2)cc1)Nc1ccc(-c2cn(-c3ccc(NCCCN4CCCC4)cc3)nn2)cc1. The van der Waals surface area contributed by atoms with Crippen LogP contribution in [0.15, 0.2) is 109 Å². The Morgan fingerprint density at radius 3 is 1.27 bits per heavy atom. The third kappa shape index (κ3) is 9.78. The highest BCUT2D eigenvalue weighted by atomic mass is 16.2. The molecule has 4 heterocycles. The monoisotopic (exact) mass is 750 g/mol. The van der Waals surface area contributed by atoms with Gasteiger partial charge in [0.05, 0.1) is 23.8 Å². The van der Waals surface area contributed by atoms with Gasteiger partial charge in [-0.2, -0.15) is 0 Å². The zero-order chi connectivity index (χ0) is 37.9. The van der Waals surface area contributed by atoms with Crippen molar-refractivity contribution in [1.29, 1.82) is 0 Å². The van der Waals surface area contributed by atoms with Crippen molar-refractivity contribution in [2.75, 3.05) is 73.6 Å². The molecule has 0 bridgehead atoms. The van der Waals surface area contributed by atoms with Crippen molar-refractivity contribution >= 4 is 28.8 Å². The van der Waals surface area contributed by atoms with Crippen LogP contribution < -0.4 is 21.3 Å². The fraction of sp³-hybridized carbons (Fsp3) is 0.326. The summed E-state index contributed by atoms with van der Waals surface area (Å²) in [7, 11) is 0. The smallest absolute Gasteiger partial charge is 0.323 e. The van der Waals surface area contributed by atoms with Gasteiger partial charge >= 0.3 is 6.03 Å². The van der Waals surface area contributed by atoms with Gasteiger partial charge in [0, 0.05) is 47.0 Å². The zero-order valence-electron chi connectivity index (χ0n) is 31.8. The number of rotatable bonds is 16. The van der Waals surface area contributed by atoms with E-state index in [-0.39, 0.29) is 6.03 Å². The molecule has 13 heteroatoms. The summed E-state index contributed by atoms with van der Waals surface area (Å²) in [6.45, 7) is 9.21. The number of aromatic nitrogens is 6. The lowest BCUT2D eigenvalue weighted by Gasteiger charge is -2.14. The summed E-state index contributed by atoms with van der Waals surface area (Å²) >= 11 is 0. The number of urea groups is 1. The first-order valence-electron chi connectivity index (χ1n) is 19.9. The second kappa shape index (κ2) is 18.1. The molecule has 0 spiro atoms. The van der Waals surface area contributed by atoms with E-state index in [0.717, 1.165) is 84.3 Å². The van der Waals surface area contributed by atoms with E-state index in [2.05, 4.69) is 76.0 Å². The van der Waals surface area contributed by atoms with Crippen LogP contribution in [-0.2, 0) is 0 Å². The molecular weight excluding hydrogens is 701 g/mol. The molecule has 2 amide bonds. The molecule has 6 aromatic rings. The number of hydrogen-bond donors (Lipinski definition) is 4. The Labute approximate surface area is 328 Å². The Bertz CT molecular complexity index is 1980. The van der Waals surface area contributed by atoms with E-state index in [1.807, 2.05) is 85.2 Å². The summed E-state index contributed by atoms with van der Waals surface area (Å²) in [6, 6.07) is 31.2. The van der Waals surface area contributed by atoms with Crippen molar-refractivity contribution in [3.63, 3.8) is 0 Å². The van der Waals surface area contributed by atoms with E-state index < -0.39 is 0 Å². The molecule has 2 aromatic heterocycles. The first-order valence-corrected chi connectivity index (χ1v) is 19.9. The molecule has 8 rings (SSSR count). The fourth-order valence-electron chi connectivity index (χ4n) is 7.33. The Morgan fingerprint density at radius 2 is 0.875 bits per heavy atom. The lowest BCUT2D eigenvalue weighted by Crippen LogP contribution is -2.22. The number of amides is 2. The minimum Gasteiger partial charge on any atom is -0.385 e. The minimum absolute atomic E-state index is 0.337. The number of nitrogens with zero attached hydrogens (tertiary/aromatic N) is 8. The van der Waals surface area contributed by atoms with Crippen LogP contribution >= 0.6 is 0 Å². The van der Waals surface area contributed by atoms with Crippen LogP contribution in [0.25, 0.3) is 33.9 Å². The topological polar surface area (TPSA) is 133 Å². The first kappa shape index (κ1) is 36.9. The highest BCUT2D eigenvalue weighted by Crippen LogP contribution is 2.23. The molecule has 2 saturated heterocycles. The maximum Gasteiger partial charge on any atom is 0.323 e. The van der Waals surface area contributed by atoms with Crippen molar-refractivity contribution in [2.24, 2.45) is 0 Å². The van der Waals surface area contributed by atoms with Crippen LogP contribution in [0.1, 0.15) is 38.5 Å². The normalized spacial score (nSPS) is 14.6. The molecule has 0 saturated carbocycles. The van der Waals surface area contributed by atoms with E-state index in [1.54, 1.807) is 9.36 Å². The summed E-state index contributed by atoms with van der Waals surface area (Å²) < 4.78 is 3.54. The molecule has 13 nitrogen and oxygen atoms in total. The molecule has 56 heavy (non-hydrogen) atoms. The van der Waals surface area contributed by atoms with Crippen molar-refractivity contribution in [1.82, 2.24) is 39.8 Å². The molecule has 2 aliphatic heterocycles. The highest BCUT2D eigenvalue weighted by molar-refractivity contribution is 6.00. The van der Waals surface area contributed by atoms with E-state index >= 15 is 0 Å². The third-order valence-electron chi connectivity index (χ3n) is 10.5. The predicted molar refractivity (Wildman–Crippen MR) is 224 cm³/mol. The average molecular weight is 751 g/mol. The Balaban J connectivity index is 0.778. The molecule has 0 atom stereocenters. The largest absolute Gasteiger partial charge is 0.385 e. The Hall–Kier alpha value is -6.05. The minimum atomic E-state index is -0.337. The second-order valence-electron chi connectivity index (χ2n) is 14.6. The number of hydrogen-bond acceptors (Lipinski definition) is 9. The lowest BCUT2D eigenvalue weighted by atomic mass is 10.1. The summed E-state index contributed by atoms with van der Waals surface area (Å²) in [6.07, 6.45) is 11.4. The van der Waals surface area contributed by atoms with Gasteiger partial charge in [0.25, 0.3) is 0 Å². The molecule has 0 aliphatic carbocycles. The summed E-state index contributed by atoms with van der Waals surface area (Å²) in [5.41, 5.74) is 8.70. The zero-order valence-corrected chi connectivity index (χ0v) is 31.8. The van der Waals surface area contributed by atoms with Crippen LogP contribution in [0.3, 0.4) is 0 Å². The predicted octanol–water partition coefficient (Wildman–Crippen LogP) is 7.62. The highest BCUT2D eigenvalue weighted by Gasteiger charge is 2.13. The first-order chi connectivity index (χ1) is 27.6. The van der Waals surface area contributed by atoms with E-state index in [4.69, 9.17) is 0 Å². The number of benzene rings is 4. The van der Waals surface area contributed by atoms with Gasteiger partial charge in [-0.05, 0) is 151 Å². The molecule has 288 valence electrons. The van der Waals surface area contributed by atoms with Crippen LogP contribution in [0.2, 0.25) is 0 Å². The number of carbonyl (C=O) groups is 1. The van der Waals surface area contributed by atoms with Crippen LogP contribution in [0.4, 0.5) is 27.5 Å². The van der Waals surface area contributed by atoms with Crippen LogP contribution in [0.5, 0.6) is 0 Å². The van der Waals surface area contributed by atoms with Crippen molar-refractivity contribution < 1.29 is 4.79 Å². The molecule has 0 unspecified atom stereocenters.